The van der Waals surface area contributed by atoms with Gasteiger partial charge in [0.2, 0.25) is 0 Å². The molecule has 1 fully saturated rings. The van der Waals surface area contributed by atoms with E-state index in [1.54, 1.807) is 25.1 Å². The number of thioether (sulfide) groups is 1. The zero-order chi connectivity index (χ0) is 13.7. The molecule has 0 aromatic carbocycles. The minimum atomic E-state index is -0.605. The lowest BCUT2D eigenvalue weighted by Crippen LogP contribution is -2.47. The van der Waals surface area contributed by atoms with Crippen molar-refractivity contribution in [3.05, 3.63) is 24.2 Å². The van der Waals surface area contributed by atoms with Crippen LogP contribution in [0.15, 0.2) is 27.8 Å². The van der Waals surface area contributed by atoms with E-state index < -0.39 is 5.60 Å². The van der Waals surface area contributed by atoms with E-state index in [-0.39, 0.29) is 0 Å². The Morgan fingerprint density at radius 1 is 1.68 bits per heavy atom. The van der Waals surface area contributed by atoms with Crippen molar-refractivity contribution in [3.8, 4) is 0 Å². The molecule has 2 N–H and O–H groups in total. The van der Waals surface area contributed by atoms with E-state index in [9.17, 15) is 5.11 Å². The Morgan fingerprint density at radius 3 is 3.11 bits per heavy atom. The third-order valence-electron chi connectivity index (χ3n) is 3.20. The Labute approximate surface area is 118 Å². The smallest absolute Gasteiger partial charge is 0.193 e. The predicted molar refractivity (Wildman–Crippen MR) is 78.4 cm³/mol. The van der Waals surface area contributed by atoms with Gasteiger partial charge >= 0.3 is 0 Å². The number of aliphatic imine (C=N–C) groups is 1. The van der Waals surface area contributed by atoms with Crippen LogP contribution in [0.4, 0.5) is 0 Å². The first kappa shape index (κ1) is 14.3. The van der Waals surface area contributed by atoms with E-state index in [1.165, 1.54) is 0 Å². The quantitative estimate of drug-likeness (QED) is 0.641. The molecule has 5 nitrogen and oxygen atoms in total. The normalized spacial score (nSPS) is 23.6. The SMILES string of the molecule is CN=C(NCC1(O)CCSC1)N(C)Cc1ccco1. The van der Waals surface area contributed by atoms with Crippen molar-refractivity contribution in [1.82, 2.24) is 10.2 Å². The van der Waals surface area contributed by atoms with Crippen molar-refractivity contribution in [2.45, 2.75) is 18.6 Å². The van der Waals surface area contributed by atoms with Gasteiger partial charge in [-0.25, -0.2) is 0 Å². The maximum Gasteiger partial charge on any atom is 0.193 e. The summed E-state index contributed by atoms with van der Waals surface area (Å²) in [5.41, 5.74) is -0.605. The second-order valence-corrected chi connectivity index (χ2v) is 5.97. The van der Waals surface area contributed by atoms with Gasteiger partial charge < -0.3 is 19.7 Å². The number of nitrogens with zero attached hydrogens (tertiary/aromatic N) is 2. The van der Waals surface area contributed by atoms with E-state index in [1.807, 2.05) is 24.1 Å². The third kappa shape index (κ3) is 3.91. The number of furan rings is 1. The van der Waals surface area contributed by atoms with Crippen LogP contribution in [0.1, 0.15) is 12.2 Å². The van der Waals surface area contributed by atoms with Gasteiger partial charge in [-0.15, -0.1) is 0 Å². The fraction of sp³-hybridized carbons (Fsp3) is 0.615. The van der Waals surface area contributed by atoms with Gasteiger partial charge in [-0.1, -0.05) is 0 Å². The monoisotopic (exact) mass is 283 g/mol. The van der Waals surface area contributed by atoms with E-state index in [4.69, 9.17) is 4.42 Å². The fourth-order valence-electron chi connectivity index (χ4n) is 2.08. The number of aliphatic hydroxyl groups is 1. The van der Waals surface area contributed by atoms with Gasteiger partial charge in [0.15, 0.2) is 5.96 Å². The summed E-state index contributed by atoms with van der Waals surface area (Å²) in [7, 11) is 3.69. The molecule has 2 rings (SSSR count). The Hall–Kier alpha value is -1.14. The molecule has 1 atom stereocenters. The van der Waals surface area contributed by atoms with Gasteiger partial charge in [-0.3, -0.25) is 4.99 Å². The van der Waals surface area contributed by atoms with Crippen LogP contribution >= 0.6 is 11.8 Å². The molecule has 19 heavy (non-hydrogen) atoms. The van der Waals surface area contributed by atoms with Crippen molar-refractivity contribution >= 4 is 17.7 Å². The first-order valence-corrected chi connectivity index (χ1v) is 7.53. The molecule has 0 spiro atoms. The van der Waals surface area contributed by atoms with Crippen molar-refractivity contribution in [3.63, 3.8) is 0 Å². The fourth-order valence-corrected chi connectivity index (χ4v) is 3.37. The molecule has 1 aliphatic rings. The molecule has 0 bridgehead atoms. The Kier molecular flexibility index (Phi) is 4.76. The zero-order valence-corrected chi connectivity index (χ0v) is 12.2. The van der Waals surface area contributed by atoms with Gasteiger partial charge in [0, 0.05) is 26.4 Å². The molecule has 1 saturated heterocycles. The number of hydrogen-bond acceptors (Lipinski definition) is 4. The summed E-state index contributed by atoms with van der Waals surface area (Å²) in [4.78, 5) is 6.21. The lowest BCUT2D eigenvalue weighted by atomic mass is 10.0. The highest BCUT2D eigenvalue weighted by atomic mass is 32.2. The summed E-state index contributed by atoms with van der Waals surface area (Å²) in [5.74, 6) is 3.47. The highest BCUT2D eigenvalue weighted by molar-refractivity contribution is 7.99. The molecule has 1 aromatic rings. The van der Waals surface area contributed by atoms with Crippen LogP contribution in [0.25, 0.3) is 0 Å². The number of hydrogen-bond donors (Lipinski definition) is 2. The summed E-state index contributed by atoms with van der Waals surface area (Å²) in [6, 6.07) is 3.81. The summed E-state index contributed by atoms with van der Waals surface area (Å²) in [6.07, 6.45) is 2.50. The first-order valence-electron chi connectivity index (χ1n) is 6.37. The zero-order valence-electron chi connectivity index (χ0n) is 11.4. The van der Waals surface area contributed by atoms with Gasteiger partial charge in [0.05, 0.1) is 18.4 Å². The summed E-state index contributed by atoms with van der Waals surface area (Å²) in [5, 5.41) is 13.5. The van der Waals surface area contributed by atoms with Crippen LogP contribution in [0.2, 0.25) is 0 Å². The predicted octanol–water partition coefficient (Wildman–Crippen LogP) is 1.15. The minimum absolute atomic E-state index is 0.537. The lowest BCUT2D eigenvalue weighted by Gasteiger charge is -2.26. The molecular weight excluding hydrogens is 262 g/mol. The first-order chi connectivity index (χ1) is 9.13. The number of nitrogens with one attached hydrogen (secondary N) is 1. The molecular formula is C13H21N3O2S. The largest absolute Gasteiger partial charge is 0.467 e. The second kappa shape index (κ2) is 6.34. The number of guanidine groups is 1. The van der Waals surface area contributed by atoms with Crippen molar-refractivity contribution in [1.29, 1.82) is 0 Å². The molecule has 0 radical (unpaired) electrons. The Morgan fingerprint density at radius 2 is 2.53 bits per heavy atom. The summed E-state index contributed by atoms with van der Waals surface area (Å²) >= 11 is 1.79. The maximum absolute atomic E-state index is 10.3. The highest BCUT2D eigenvalue weighted by Gasteiger charge is 2.31. The van der Waals surface area contributed by atoms with Crippen molar-refractivity contribution in [2.24, 2.45) is 4.99 Å². The maximum atomic E-state index is 10.3. The molecule has 1 unspecified atom stereocenters. The summed E-state index contributed by atoms with van der Waals surface area (Å²) in [6.45, 7) is 1.19. The van der Waals surface area contributed by atoms with Crippen LogP contribution < -0.4 is 5.32 Å². The Balaban J connectivity index is 1.85. The van der Waals surface area contributed by atoms with Crippen LogP contribution in [0.3, 0.4) is 0 Å². The topological polar surface area (TPSA) is 61.0 Å². The van der Waals surface area contributed by atoms with E-state index in [0.29, 0.717) is 13.1 Å². The van der Waals surface area contributed by atoms with Crippen LogP contribution in [0.5, 0.6) is 0 Å². The standard InChI is InChI=1S/C13H21N3O2S/c1-14-12(15-9-13(17)5-7-19-10-13)16(2)8-11-4-3-6-18-11/h3-4,6,17H,5,7-10H2,1-2H3,(H,14,15). The van der Waals surface area contributed by atoms with Crippen molar-refractivity contribution < 1.29 is 9.52 Å². The average molecular weight is 283 g/mol. The molecule has 0 saturated carbocycles. The Bertz CT molecular complexity index is 414. The second-order valence-electron chi connectivity index (χ2n) is 4.86. The molecule has 2 heterocycles. The molecule has 1 aliphatic heterocycles. The van der Waals surface area contributed by atoms with Gasteiger partial charge in [0.25, 0.3) is 0 Å². The van der Waals surface area contributed by atoms with Crippen LogP contribution in [-0.4, -0.2) is 53.7 Å². The molecule has 1 aromatic heterocycles. The molecule has 6 heteroatoms. The third-order valence-corrected chi connectivity index (χ3v) is 4.44. The van der Waals surface area contributed by atoms with Gasteiger partial charge in [0.1, 0.15) is 5.76 Å². The van der Waals surface area contributed by atoms with Crippen molar-refractivity contribution in [2.75, 3.05) is 32.1 Å². The van der Waals surface area contributed by atoms with E-state index >= 15 is 0 Å². The molecule has 106 valence electrons. The molecule has 0 aliphatic carbocycles. The molecule has 0 amide bonds. The average Bonchev–Trinajstić information content (AvgIpc) is 3.02. The minimum Gasteiger partial charge on any atom is -0.467 e. The van der Waals surface area contributed by atoms with Crippen LogP contribution in [-0.2, 0) is 6.54 Å². The van der Waals surface area contributed by atoms with Gasteiger partial charge in [-0.05, 0) is 24.3 Å². The van der Waals surface area contributed by atoms with Gasteiger partial charge in [-0.2, -0.15) is 11.8 Å². The number of rotatable bonds is 4. The summed E-state index contributed by atoms with van der Waals surface area (Å²) < 4.78 is 5.32. The lowest BCUT2D eigenvalue weighted by molar-refractivity contribution is 0.0718. The van der Waals surface area contributed by atoms with E-state index in [0.717, 1.165) is 29.6 Å². The van der Waals surface area contributed by atoms with E-state index in [2.05, 4.69) is 10.3 Å². The van der Waals surface area contributed by atoms with Crippen LogP contribution in [0, 0.1) is 0 Å². The highest BCUT2D eigenvalue weighted by Crippen LogP contribution is 2.26.